The van der Waals surface area contributed by atoms with E-state index < -0.39 is 51.7 Å². The smallest absolute Gasteiger partial charge is 0.306 e. The van der Waals surface area contributed by atoms with Gasteiger partial charge >= 0.3 is 17.9 Å². The van der Waals surface area contributed by atoms with Gasteiger partial charge in [-0.3, -0.25) is 34.6 Å². The van der Waals surface area contributed by atoms with Crippen molar-refractivity contribution in [2.45, 2.75) is 70.6 Å². The lowest BCUT2D eigenvalue weighted by Gasteiger charge is -2.20. The fraction of sp³-hybridized carbons (Fsp3) is 0.206. The Balaban J connectivity index is 0.000000173. The van der Waals surface area contributed by atoms with E-state index in [4.69, 9.17) is 28.8 Å². The van der Waals surface area contributed by atoms with Crippen LogP contribution in [-0.2, 0) is 72.5 Å². The molecular weight excluding hydrogens is 1130 g/mol. The van der Waals surface area contributed by atoms with E-state index in [2.05, 4.69) is 9.97 Å². The summed E-state index contributed by atoms with van der Waals surface area (Å²) in [5, 5.41) is 43.6. The summed E-state index contributed by atoms with van der Waals surface area (Å²) < 4.78 is 27.5. The minimum absolute atomic E-state index is 0.0105. The number of para-hydroxylation sites is 4. The first-order valence-corrected chi connectivity index (χ1v) is 28.1. The molecule has 0 saturated heterocycles. The standard InChI is InChI=1S/C25H22N2O6.C25H24N2O4.C18H17NO5/c28-23(32-16-18-6-2-1-3-7-18)15-19(14-17-10-12-20(13-11-17)27(30)31)24(29)25-26-21-8-4-5-9-22(21)33-25;26-20-12-10-17(11-13-20)14-19(15-23(28)30-16-18-6-2-1-3-7-18)24(29)25-27-21-8-4-5-9-22(21)31-25;20-12-16(10-14-6-8-17(9-7-14)19(22)23)11-18(21)24-13-15-4-2-1-3-5-15/h1-13,19,24,29H,14-16H2;1-13,19,24,29H,14-16,26H2;1-9,12,16H,10-11,13H2/t2*19-,24?;16-/m111/s1. The van der Waals surface area contributed by atoms with Crippen molar-refractivity contribution in [3.63, 3.8) is 0 Å². The van der Waals surface area contributed by atoms with Crippen molar-refractivity contribution in [2.75, 3.05) is 5.73 Å². The molecule has 20 heteroatoms. The van der Waals surface area contributed by atoms with Gasteiger partial charge in [-0.25, -0.2) is 9.97 Å². The zero-order valence-electron chi connectivity index (χ0n) is 47.6. The Bertz CT molecular complexity index is 3800. The molecule has 0 bridgehead atoms. The zero-order chi connectivity index (χ0) is 62.2. The first-order valence-electron chi connectivity index (χ1n) is 28.1. The predicted octanol–water partition coefficient (Wildman–Crippen LogP) is 12.3. The normalized spacial score (nSPS) is 12.6. The summed E-state index contributed by atoms with van der Waals surface area (Å²) in [6, 6.07) is 61.8. The predicted molar refractivity (Wildman–Crippen MR) is 325 cm³/mol. The summed E-state index contributed by atoms with van der Waals surface area (Å²) in [5.74, 6) is -2.60. The summed E-state index contributed by atoms with van der Waals surface area (Å²) in [6.45, 7) is 0.485. The van der Waals surface area contributed by atoms with Gasteiger partial charge < -0.3 is 43.8 Å². The molecule has 88 heavy (non-hydrogen) atoms. The van der Waals surface area contributed by atoms with E-state index in [1.807, 2.05) is 127 Å². The molecule has 0 radical (unpaired) electrons. The number of carbonyl (C=O) groups excluding carboxylic acids is 4. The Morgan fingerprint density at radius 2 is 0.784 bits per heavy atom. The molecule has 4 N–H and O–H groups in total. The second-order valence-corrected chi connectivity index (χ2v) is 20.6. The van der Waals surface area contributed by atoms with E-state index in [0.29, 0.717) is 47.0 Å². The third-order valence-electron chi connectivity index (χ3n) is 14.0. The van der Waals surface area contributed by atoms with Crippen LogP contribution in [-0.4, -0.2) is 54.2 Å². The quantitative estimate of drug-likeness (QED) is 0.0120. The van der Waals surface area contributed by atoms with Crippen LogP contribution in [0.1, 0.15) is 76.6 Å². The molecule has 20 nitrogen and oxygen atoms in total. The van der Waals surface area contributed by atoms with Gasteiger partial charge in [-0.2, -0.15) is 0 Å². The first-order chi connectivity index (χ1) is 42.7. The molecule has 0 aliphatic carbocycles. The van der Waals surface area contributed by atoms with Gasteiger partial charge in [-0.05, 0) is 89.0 Å². The molecule has 450 valence electrons. The Hall–Kier alpha value is -10.7. The minimum Gasteiger partial charge on any atom is -0.461 e. The van der Waals surface area contributed by atoms with Crippen LogP contribution in [0.5, 0.6) is 0 Å². The Kier molecular flexibility index (Phi) is 23.0. The summed E-state index contributed by atoms with van der Waals surface area (Å²) in [7, 11) is 0. The molecule has 0 fully saturated rings. The van der Waals surface area contributed by atoms with Gasteiger partial charge in [0.1, 0.15) is 49.3 Å². The molecule has 0 spiro atoms. The highest BCUT2D eigenvalue weighted by Crippen LogP contribution is 2.33. The second kappa shape index (κ2) is 32.0. The van der Waals surface area contributed by atoms with Gasteiger partial charge in [-0.1, -0.05) is 152 Å². The molecule has 5 atom stereocenters. The number of ether oxygens (including phenoxy) is 3. The number of esters is 3. The van der Waals surface area contributed by atoms with Gasteiger partial charge in [0, 0.05) is 47.7 Å². The van der Waals surface area contributed by atoms with Crippen LogP contribution < -0.4 is 5.73 Å². The van der Waals surface area contributed by atoms with Gasteiger partial charge in [-0.15, -0.1) is 0 Å². The van der Waals surface area contributed by atoms with E-state index in [1.165, 1.54) is 24.3 Å². The Labute approximate surface area is 505 Å². The number of carbonyl (C=O) groups is 4. The molecule has 0 amide bonds. The van der Waals surface area contributed by atoms with Crippen LogP contribution in [0.4, 0.5) is 17.1 Å². The number of aliphatic hydroxyl groups is 2. The maximum absolute atomic E-state index is 12.6. The third kappa shape index (κ3) is 19.4. The minimum atomic E-state index is -1.17. The molecule has 0 aliphatic rings. The van der Waals surface area contributed by atoms with Crippen molar-refractivity contribution in [1.82, 2.24) is 9.97 Å². The highest BCUT2D eigenvalue weighted by atomic mass is 16.6. The number of nitrogens with zero attached hydrogens (tertiary/aromatic N) is 4. The average Bonchev–Trinajstić information content (AvgIpc) is 3.75. The van der Waals surface area contributed by atoms with Crippen LogP contribution in [0.3, 0.4) is 0 Å². The number of nitro groups is 2. The number of anilines is 1. The molecule has 10 aromatic rings. The number of aldehydes is 1. The van der Waals surface area contributed by atoms with Gasteiger partial charge in [0.2, 0.25) is 11.8 Å². The summed E-state index contributed by atoms with van der Waals surface area (Å²) >= 11 is 0. The lowest BCUT2D eigenvalue weighted by molar-refractivity contribution is -0.385. The number of nitrogen functional groups attached to an aromatic ring is 1. The number of non-ortho nitro benzene ring substituents is 2. The molecule has 8 aromatic carbocycles. The van der Waals surface area contributed by atoms with E-state index in [9.17, 15) is 49.6 Å². The molecule has 2 unspecified atom stereocenters. The largest absolute Gasteiger partial charge is 0.461 e. The van der Waals surface area contributed by atoms with Crippen molar-refractivity contribution in [2.24, 2.45) is 17.8 Å². The number of nitro benzene ring substituents is 2. The summed E-state index contributed by atoms with van der Waals surface area (Å²) in [5.41, 5.74) is 13.9. The fourth-order valence-corrected chi connectivity index (χ4v) is 9.30. The molecule has 0 aliphatic heterocycles. The topological polar surface area (TPSA) is 301 Å². The van der Waals surface area contributed by atoms with E-state index >= 15 is 0 Å². The van der Waals surface area contributed by atoms with Gasteiger partial charge in [0.25, 0.3) is 11.4 Å². The lowest BCUT2D eigenvalue weighted by atomic mass is 9.90. The van der Waals surface area contributed by atoms with E-state index in [-0.39, 0.29) is 74.6 Å². The first kappa shape index (κ1) is 63.3. The summed E-state index contributed by atoms with van der Waals surface area (Å²) in [6.07, 6.45) is -0.536. The maximum Gasteiger partial charge on any atom is 0.306 e. The number of hydrogen-bond acceptors (Lipinski definition) is 18. The molecule has 2 aromatic heterocycles. The number of benzene rings is 8. The monoisotopic (exact) mass is 1190 g/mol. The number of aromatic nitrogens is 2. The molecular formula is C68H63N5O15. The highest BCUT2D eigenvalue weighted by Gasteiger charge is 2.31. The second-order valence-electron chi connectivity index (χ2n) is 20.6. The number of fused-ring (bicyclic) bond motifs is 2. The number of aliphatic hydroxyl groups excluding tert-OH is 2. The number of oxazole rings is 2. The Morgan fingerprint density at radius 3 is 1.14 bits per heavy atom. The van der Waals surface area contributed by atoms with Crippen molar-refractivity contribution in [3.8, 4) is 0 Å². The highest BCUT2D eigenvalue weighted by molar-refractivity contribution is 5.75. The fourth-order valence-electron chi connectivity index (χ4n) is 9.30. The summed E-state index contributed by atoms with van der Waals surface area (Å²) in [4.78, 5) is 77.5. The van der Waals surface area contributed by atoms with Crippen LogP contribution in [0, 0.1) is 38.0 Å². The van der Waals surface area contributed by atoms with Crippen molar-refractivity contribution in [3.05, 3.63) is 278 Å². The van der Waals surface area contributed by atoms with Crippen molar-refractivity contribution >= 4 is 63.5 Å². The lowest BCUT2D eigenvalue weighted by Crippen LogP contribution is -2.21. The third-order valence-corrected chi connectivity index (χ3v) is 14.0. The molecule has 2 heterocycles. The van der Waals surface area contributed by atoms with Gasteiger partial charge in [0.05, 0.1) is 29.1 Å². The van der Waals surface area contributed by atoms with E-state index in [1.54, 1.807) is 60.7 Å². The Morgan fingerprint density at radius 1 is 0.455 bits per heavy atom. The maximum atomic E-state index is 12.6. The van der Waals surface area contributed by atoms with Crippen LogP contribution >= 0.6 is 0 Å². The van der Waals surface area contributed by atoms with Crippen molar-refractivity contribution in [1.29, 1.82) is 0 Å². The molecule has 0 saturated carbocycles. The van der Waals surface area contributed by atoms with Crippen molar-refractivity contribution < 1.29 is 62.3 Å². The molecule has 10 rings (SSSR count). The number of nitrogens with two attached hydrogens (primary N) is 1. The number of hydrogen-bond donors (Lipinski definition) is 3. The SMILES string of the molecule is Nc1ccc(C[C@H](CC(=O)OCc2ccccc2)C(O)c2nc3ccccc3o2)cc1.O=C(C[C@@H](Cc1ccc([N+](=O)[O-])cc1)C(O)c1nc2ccccc2o1)OCc1ccccc1.O=C[C@@H](CC(=O)OCc1ccccc1)Cc1ccc([N+](=O)[O-])cc1. The van der Waals surface area contributed by atoms with E-state index in [0.717, 1.165) is 33.4 Å². The average molecular weight is 1190 g/mol. The zero-order valence-corrected chi connectivity index (χ0v) is 47.6. The number of rotatable bonds is 25. The van der Waals surface area contributed by atoms with Crippen LogP contribution in [0.25, 0.3) is 22.2 Å². The van der Waals surface area contributed by atoms with Gasteiger partial charge in [0.15, 0.2) is 11.2 Å². The van der Waals surface area contributed by atoms with Crippen LogP contribution in [0.2, 0.25) is 0 Å². The van der Waals surface area contributed by atoms with Crippen LogP contribution in [0.15, 0.2) is 221 Å².